The Morgan fingerprint density at radius 2 is 2.12 bits per heavy atom. The molecule has 0 radical (unpaired) electrons. The number of aryl methyl sites for hydroxylation is 2. The molecular weight excluding hydrogens is 317 g/mol. The van der Waals surface area contributed by atoms with Gasteiger partial charge in [-0.2, -0.15) is 5.10 Å². The summed E-state index contributed by atoms with van der Waals surface area (Å²) in [6, 6.07) is 7.03. The van der Waals surface area contributed by atoms with Gasteiger partial charge in [-0.05, 0) is 69.5 Å². The van der Waals surface area contributed by atoms with Gasteiger partial charge in [0.1, 0.15) is 5.82 Å². The van der Waals surface area contributed by atoms with Crippen molar-refractivity contribution in [1.82, 2.24) is 14.7 Å². The summed E-state index contributed by atoms with van der Waals surface area (Å²) in [5.41, 5.74) is 3.97. The van der Waals surface area contributed by atoms with E-state index >= 15 is 0 Å². The molecule has 2 heterocycles. The Hall–Kier alpha value is -1.72. The molecule has 2 aromatic rings. The predicted octanol–water partition coefficient (Wildman–Crippen LogP) is 4.02. The fourth-order valence-electron chi connectivity index (χ4n) is 3.58. The van der Waals surface area contributed by atoms with Gasteiger partial charge in [-0.1, -0.05) is 6.92 Å². The van der Waals surface area contributed by atoms with Gasteiger partial charge < -0.3 is 4.74 Å². The first kappa shape index (κ1) is 18.1. The van der Waals surface area contributed by atoms with E-state index in [9.17, 15) is 4.39 Å². The summed E-state index contributed by atoms with van der Waals surface area (Å²) in [5, 5.41) is 4.57. The van der Waals surface area contributed by atoms with Crippen molar-refractivity contribution in [2.24, 2.45) is 0 Å². The molecule has 0 saturated carbocycles. The lowest BCUT2D eigenvalue weighted by atomic mass is 10.1. The molecule has 25 heavy (non-hydrogen) atoms. The molecule has 0 bridgehead atoms. The molecule has 0 amide bonds. The highest BCUT2D eigenvalue weighted by Gasteiger charge is 2.22. The Kier molecular flexibility index (Phi) is 5.86. The molecule has 0 spiro atoms. The number of nitrogens with zero attached hydrogens (tertiary/aromatic N) is 3. The van der Waals surface area contributed by atoms with Gasteiger partial charge in [0.2, 0.25) is 0 Å². The fourth-order valence-corrected chi connectivity index (χ4v) is 3.58. The van der Waals surface area contributed by atoms with Crippen molar-refractivity contribution >= 4 is 0 Å². The van der Waals surface area contributed by atoms with Crippen LogP contribution in [-0.2, 0) is 11.3 Å². The Bertz CT molecular complexity index is 713. The SMILES string of the molecule is CCCOC1CCCN(Cc2cc(F)ccc2-n2nc(C)cc2C)C1. The maximum atomic E-state index is 13.9. The minimum Gasteiger partial charge on any atom is -0.377 e. The maximum Gasteiger partial charge on any atom is 0.123 e. The summed E-state index contributed by atoms with van der Waals surface area (Å²) >= 11 is 0. The molecule has 0 N–H and O–H groups in total. The molecule has 1 atom stereocenters. The topological polar surface area (TPSA) is 30.3 Å². The van der Waals surface area contributed by atoms with E-state index < -0.39 is 0 Å². The molecule has 0 aliphatic carbocycles. The molecule has 1 fully saturated rings. The number of benzene rings is 1. The van der Waals surface area contributed by atoms with Gasteiger partial charge in [0.15, 0.2) is 0 Å². The number of piperidine rings is 1. The fraction of sp³-hybridized carbons (Fsp3) is 0.550. The van der Waals surface area contributed by atoms with Gasteiger partial charge >= 0.3 is 0 Å². The highest BCUT2D eigenvalue weighted by Crippen LogP contribution is 2.22. The lowest BCUT2D eigenvalue weighted by Crippen LogP contribution is -2.39. The summed E-state index contributed by atoms with van der Waals surface area (Å²) in [6.45, 7) is 9.61. The second-order valence-corrected chi connectivity index (χ2v) is 6.98. The van der Waals surface area contributed by atoms with Crippen LogP contribution in [0.25, 0.3) is 5.69 Å². The van der Waals surface area contributed by atoms with E-state index in [4.69, 9.17) is 4.74 Å². The lowest BCUT2D eigenvalue weighted by Gasteiger charge is -2.33. The summed E-state index contributed by atoms with van der Waals surface area (Å²) in [6.07, 6.45) is 3.57. The van der Waals surface area contributed by atoms with Crippen LogP contribution in [-0.4, -0.2) is 40.5 Å². The van der Waals surface area contributed by atoms with Gasteiger partial charge in [-0.3, -0.25) is 4.90 Å². The van der Waals surface area contributed by atoms with Crippen molar-refractivity contribution in [2.45, 2.75) is 52.7 Å². The minimum absolute atomic E-state index is 0.198. The van der Waals surface area contributed by atoms with E-state index in [0.717, 1.165) is 68.1 Å². The monoisotopic (exact) mass is 345 g/mol. The average molecular weight is 345 g/mol. The standard InChI is InChI=1S/C20H28FN3O/c1-4-10-25-19-6-5-9-23(14-19)13-17-12-18(21)7-8-20(17)24-16(3)11-15(2)22-24/h7-8,11-12,19H,4-6,9-10,13-14H2,1-3H3. The van der Waals surface area contributed by atoms with Crippen molar-refractivity contribution in [1.29, 1.82) is 0 Å². The Morgan fingerprint density at radius 1 is 1.28 bits per heavy atom. The van der Waals surface area contributed by atoms with E-state index in [1.807, 2.05) is 30.7 Å². The zero-order valence-electron chi connectivity index (χ0n) is 15.5. The number of hydrogen-bond acceptors (Lipinski definition) is 3. The average Bonchev–Trinajstić information content (AvgIpc) is 2.92. The van der Waals surface area contributed by atoms with E-state index in [-0.39, 0.29) is 5.82 Å². The maximum absolute atomic E-state index is 13.9. The minimum atomic E-state index is -0.198. The van der Waals surface area contributed by atoms with Crippen LogP contribution in [0.5, 0.6) is 0 Å². The van der Waals surface area contributed by atoms with Crippen LogP contribution in [0.2, 0.25) is 0 Å². The number of hydrogen-bond donors (Lipinski definition) is 0. The zero-order valence-corrected chi connectivity index (χ0v) is 15.5. The molecular formula is C20H28FN3O. The third-order valence-corrected chi connectivity index (χ3v) is 4.69. The third-order valence-electron chi connectivity index (χ3n) is 4.69. The van der Waals surface area contributed by atoms with Crippen molar-refractivity contribution in [3.8, 4) is 5.69 Å². The van der Waals surface area contributed by atoms with Crippen LogP contribution in [0.3, 0.4) is 0 Å². The van der Waals surface area contributed by atoms with Crippen molar-refractivity contribution < 1.29 is 9.13 Å². The normalized spacial score (nSPS) is 18.6. The first-order valence-corrected chi connectivity index (χ1v) is 9.23. The zero-order chi connectivity index (χ0) is 17.8. The van der Waals surface area contributed by atoms with Gasteiger partial charge in [-0.25, -0.2) is 9.07 Å². The second-order valence-electron chi connectivity index (χ2n) is 6.98. The smallest absolute Gasteiger partial charge is 0.123 e. The predicted molar refractivity (Wildman–Crippen MR) is 97.5 cm³/mol. The first-order valence-electron chi connectivity index (χ1n) is 9.23. The van der Waals surface area contributed by atoms with E-state index in [0.29, 0.717) is 6.10 Å². The molecule has 1 aliphatic rings. The summed E-state index contributed by atoms with van der Waals surface area (Å²) in [5.74, 6) is -0.198. The van der Waals surface area contributed by atoms with E-state index in [1.165, 1.54) is 6.07 Å². The van der Waals surface area contributed by atoms with Gasteiger partial charge in [0, 0.05) is 25.4 Å². The summed E-state index contributed by atoms with van der Waals surface area (Å²) in [7, 11) is 0. The highest BCUT2D eigenvalue weighted by atomic mass is 19.1. The summed E-state index contributed by atoms with van der Waals surface area (Å²) in [4.78, 5) is 2.37. The Morgan fingerprint density at radius 3 is 2.84 bits per heavy atom. The second kappa shape index (κ2) is 8.11. The van der Waals surface area contributed by atoms with Crippen LogP contribution in [0.15, 0.2) is 24.3 Å². The molecule has 1 unspecified atom stereocenters. The number of rotatable bonds is 6. The van der Waals surface area contributed by atoms with Crippen LogP contribution >= 0.6 is 0 Å². The van der Waals surface area contributed by atoms with Crippen LogP contribution in [0, 0.1) is 19.7 Å². The molecule has 136 valence electrons. The number of likely N-dealkylation sites (tertiary alicyclic amines) is 1. The largest absolute Gasteiger partial charge is 0.377 e. The van der Waals surface area contributed by atoms with Gasteiger partial charge in [-0.15, -0.1) is 0 Å². The Balaban J connectivity index is 1.80. The molecule has 5 heteroatoms. The van der Waals surface area contributed by atoms with Gasteiger partial charge in [0.25, 0.3) is 0 Å². The van der Waals surface area contributed by atoms with Crippen molar-refractivity contribution in [3.63, 3.8) is 0 Å². The number of ether oxygens (including phenoxy) is 1. The van der Waals surface area contributed by atoms with Gasteiger partial charge in [0.05, 0.1) is 17.5 Å². The van der Waals surface area contributed by atoms with Crippen LogP contribution in [0.1, 0.15) is 43.1 Å². The van der Waals surface area contributed by atoms with Crippen LogP contribution in [0.4, 0.5) is 4.39 Å². The number of aromatic nitrogens is 2. The third kappa shape index (κ3) is 4.47. The molecule has 4 nitrogen and oxygen atoms in total. The highest BCUT2D eigenvalue weighted by molar-refractivity contribution is 5.42. The van der Waals surface area contributed by atoms with E-state index in [1.54, 1.807) is 6.07 Å². The molecule has 3 rings (SSSR count). The van der Waals surface area contributed by atoms with E-state index in [2.05, 4.69) is 16.9 Å². The summed E-state index contributed by atoms with van der Waals surface area (Å²) < 4.78 is 21.7. The molecule has 1 aromatic carbocycles. The molecule has 1 aromatic heterocycles. The quantitative estimate of drug-likeness (QED) is 0.792. The van der Waals surface area contributed by atoms with Crippen molar-refractivity contribution in [2.75, 3.05) is 19.7 Å². The van der Waals surface area contributed by atoms with Crippen molar-refractivity contribution in [3.05, 3.63) is 47.0 Å². The first-order chi connectivity index (χ1) is 12.1. The Labute approximate surface area is 149 Å². The number of halogens is 1. The molecule has 1 saturated heterocycles. The molecule has 1 aliphatic heterocycles. The lowest BCUT2D eigenvalue weighted by molar-refractivity contribution is -0.00225. The van der Waals surface area contributed by atoms with Crippen LogP contribution < -0.4 is 0 Å².